The van der Waals surface area contributed by atoms with Gasteiger partial charge in [-0.25, -0.2) is 0 Å². The lowest BCUT2D eigenvalue weighted by Crippen LogP contribution is -2.32. The lowest BCUT2D eigenvalue weighted by molar-refractivity contribution is -0.143. The topological polar surface area (TPSA) is 101 Å². The number of hydrogen-bond acceptors (Lipinski definition) is 5. The number of anilines is 1. The zero-order valence-corrected chi connectivity index (χ0v) is 20.1. The van der Waals surface area contributed by atoms with Crippen LogP contribution < -0.4 is 15.4 Å². The molecule has 3 N–H and O–H groups in total. The maximum Gasteiger partial charge on any atom is 0.306 e. The van der Waals surface area contributed by atoms with Crippen LogP contribution in [0.3, 0.4) is 0 Å². The Balaban J connectivity index is 1.59. The summed E-state index contributed by atoms with van der Waals surface area (Å²) in [6, 6.07) is 7.16. The molecule has 3 rings (SSSR count). The molecule has 7 nitrogen and oxygen atoms in total. The van der Waals surface area contributed by atoms with Crippen LogP contribution >= 0.6 is 11.6 Å². The number of carbonyl (C=O) groups excluding carboxylic acids is 1. The third-order valence-electron chi connectivity index (χ3n) is 6.35. The van der Waals surface area contributed by atoms with Gasteiger partial charge in [0.15, 0.2) is 0 Å². The van der Waals surface area contributed by atoms with Crippen molar-refractivity contribution in [1.29, 1.82) is 0 Å². The van der Waals surface area contributed by atoms with E-state index in [2.05, 4.69) is 22.5 Å². The van der Waals surface area contributed by atoms with Crippen molar-refractivity contribution >= 4 is 29.2 Å². The Kier molecular flexibility index (Phi) is 8.55. The summed E-state index contributed by atoms with van der Waals surface area (Å²) in [5, 5.41) is 15.9. The molecule has 178 valence electrons. The van der Waals surface area contributed by atoms with Crippen LogP contribution in [0.25, 0.3) is 0 Å². The number of aromatic nitrogens is 1. The van der Waals surface area contributed by atoms with E-state index in [1.165, 1.54) is 0 Å². The minimum Gasteiger partial charge on any atom is -0.495 e. The first-order chi connectivity index (χ1) is 15.8. The summed E-state index contributed by atoms with van der Waals surface area (Å²) in [7, 11) is 1.62. The van der Waals surface area contributed by atoms with E-state index < -0.39 is 5.97 Å². The van der Waals surface area contributed by atoms with Crippen molar-refractivity contribution in [2.75, 3.05) is 19.0 Å². The molecule has 8 heteroatoms. The van der Waals surface area contributed by atoms with E-state index >= 15 is 0 Å². The summed E-state index contributed by atoms with van der Waals surface area (Å²) in [5.41, 5.74) is 3.19. The number of rotatable bonds is 9. The van der Waals surface area contributed by atoms with Gasteiger partial charge in [-0.05, 0) is 69.2 Å². The first kappa shape index (κ1) is 24.8. The normalized spacial score (nSPS) is 18.9. The van der Waals surface area contributed by atoms with Crippen LogP contribution in [-0.2, 0) is 11.2 Å². The number of nitrogens with zero attached hydrogens (tertiary/aromatic N) is 1. The molecule has 1 aromatic carbocycles. The predicted octanol–water partition coefficient (Wildman–Crippen LogP) is 5.10. The molecular weight excluding hydrogens is 442 g/mol. The number of hydrogen-bond donors (Lipinski definition) is 3. The second kappa shape index (κ2) is 11.4. The summed E-state index contributed by atoms with van der Waals surface area (Å²) in [4.78, 5) is 28.1. The van der Waals surface area contributed by atoms with Crippen molar-refractivity contribution in [2.45, 2.75) is 52.0 Å². The summed E-state index contributed by atoms with van der Waals surface area (Å²) in [6.45, 7) is 4.62. The molecule has 1 heterocycles. The van der Waals surface area contributed by atoms with Gasteiger partial charge in [-0.3, -0.25) is 14.6 Å². The molecule has 1 saturated carbocycles. The molecule has 1 amide bonds. The highest BCUT2D eigenvalue weighted by atomic mass is 35.5. The fourth-order valence-electron chi connectivity index (χ4n) is 4.24. The number of ether oxygens (including phenoxy) is 1. The van der Waals surface area contributed by atoms with Crippen molar-refractivity contribution < 1.29 is 19.4 Å². The Hall–Kier alpha value is -2.80. The maximum absolute atomic E-state index is 12.6. The molecule has 0 spiro atoms. The fraction of sp³-hybridized carbons (Fsp3) is 0.480. The van der Waals surface area contributed by atoms with Gasteiger partial charge in [0, 0.05) is 23.4 Å². The van der Waals surface area contributed by atoms with Crippen LogP contribution in [-0.4, -0.2) is 35.6 Å². The van der Waals surface area contributed by atoms with Crippen LogP contribution in [0.4, 0.5) is 5.69 Å². The van der Waals surface area contributed by atoms with Crippen LogP contribution in [0, 0.1) is 11.8 Å². The number of carboxylic acid groups (broad SMARTS) is 1. The second-order valence-electron chi connectivity index (χ2n) is 8.60. The van der Waals surface area contributed by atoms with Crippen molar-refractivity contribution in [2.24, 2.45) is 11.8 Å². The predicted molar refractivity (Wildman–Crippen MR) is 129 cm³/mol. The van der Waals surface area contributed by atoms with E-state index in [0.29, 0.717) is 41.6 Å². The van der Waals surface area contributed by atoms with Crippen LogP contribution in [0.5, 0.6) is 5.75 Å². The van der Waals surface area contributed by atoms with Gasteiger partial charge < -0.3 is 20.5 Å². The number of carbonyl (C=O) groups is 2. The third kappa shape index (κ3) is 6.38. The number of halogens is 1. The SMILES string of the molecule is CCc1cc(C(C)Nc2ccc(C(=O)NC[C@H]3CC[C@H](C(=O)O)CC3)cc2Cl)c(OC)cn1. The third-order valence-corrected chi connectivity index (χ3v) is 6.67. The molecule has 33 heavy (non-hydrogen) atoms. The monoisotopic (exact) mass is 473 g/mol. The molecule has 0 radical (unpaired) electrons. The lowest BCUT2D eigenvalue weighted by atomic mass is 9.82. The van der Waals surface area contributed by atoms with Gasteiger partial charge in [0.1, 0.15) is 5.75 Å². The smallest absolute Gasteiger partial charge is 0.306 e. The van der Waals surface area contributed by atoms with E-state index in [1.807, 2.05) is 13.0 Å². The Morgan fingerprint density at radius 1 is 1.24 bits per heavy atom. The highest BCUT2D eigenvalue weighted by Gasteiger charge is 2.26. The van der Waals surface area contributed by atoms with E-state index in [1.54, 1.807) is 31.5 Å². The number of methoxy groups -OCH3 is 1. The first-order valence-electron chi connectivity index (χ1n) is 11.4. The highest BCUT2D eigenvalue weighted by molar-refractivity contribution is 6.33. The van der Waals surface area contributed by atoms with E-state index in [0.717, 1.165) is 36.2 Å². The van der Waals surface area contributed by atoms with E-state index in [-0.39, 0.29) is 17.9 Å². The highest BCUT2D eigenvalue weighted by Crippen LogP contribution is 2.32. The van der Waals surface area contributed by atoms with E-state index in [4.69, 9.17) is 21.4 Å². The number of carboxylic acids is 1. The molecule has 0 saturated heterocycles. The molecule has 1 aliphatic rings. The number of nitrogens with one attached hydrogen (secondary N) is 2. The van der Waals surface area contributed by atoms with Gasteiger partial charge in [0.05, 0.1) is 36.0 Å². The average molecular weight is 474 g/mol. The van der Waals surface area contributed by atoms with Gasteiger partial charge >= 0.3 is 5.97 Å². The summed E-state index contributed by atoms with van der Waals surface area (Å²) >= 11 is 6.49. The number of amides is 1. The molecule has 0 aliphatic heterocycles. The summed E-state index contributed by atoms with van der Waals surface area (Å²) < 4.78 is 5.46. The van der Waals surface area contributed by atoms with Gasteiger partial charge in [-0.2, -0.15) is 0 Å². The number of aryl methyl sites for hydroxylation is 1. The quantitative estimate of drug-likeness (QED) is 0.468. The summed E-state index contributed by atoms with van der Waals surface area (Å²) in [5.74, 6) is -0.135. The molecule has 1 aliphatic carbocycles. The molecule has 1 atom stereocenters. The molecule has 1 aromatic heterocycles. The Bertz CT molecular complexity index is 990. The van der Waals surface area contributed by atoms with Crippen molar-refractivity contribution in [1.82, 2.24) is 10.3 Å². The van der Waals surface area contributed by atoms with Crippen molar-refractivity contribution in [3.8, 4) is 5.75 Å². The number of pyridine rings is 1. The molecule has 1 fully saturated rings. The molecule has 2 aromatic rings. The molecule has 0 bridgehead atoms. The average Bonchev–Trinajstić information content (AvgIpc) is 2.83. The molecular formula is C25H32ClN3O4. The Morgan fingerprint density at radius 2 is 1.97 bits per heavy atom. The van der Waals surface area contributed by atoms with Crippen molar-refractivity contribution in [3.05, 3.63) is 52.3 Å². The van der Waals surface area contributed by atoms with Crippen LogP contribution in [0.1, 0.15) is 67.2 Å². The second-order valence-corrected chi connectivity index (χ2v) is 9.00. The van der Waals surface area contributed by atoms with Gasteiger partial charge in [-0.15, -0.1) is 0 Å². The minimum absolute atomic E-state index is 0.0774. The Labute approximate surface area is 199 Å². The zero-order valence-electron chi connectivity index (χ0n) is 19.4. The summed E-state index contributed by atoms with van der Waals surface area (Å²) in [6.07, 6.45) is 5.53. The largest absolute Gasteiger partial charge is 0.495 e. The Morgan fingerprint density at radius 3 is 2.58 bits per heavy atom. The standard InChI is InChI=1S/C25H32ClN3O4/c1-4-19-12-20(23(33-3)14-27-19)15(2)29-22-10-9-18(11-21(22)26)24(30)28-13-16-5-7-17(8-6-16)25(31)32/h9-12,14-17,29H,4-8,13H2,1-3H3,(H,28,30)(H,31,32)/t15?,16-,17-. The minimum atomic E-state index is -0.719. The first-order valence-corrected chi connectivity index (χ1v) is 11.8. The van der Waals surface area contributed by atoms with Gasteiger partial charge in [0.2, 0.25) is 0 Å². The number of benzene rings is 1. The van der Waals surface area contributed by atoms with Crippen LogP contribution in [0.15, 0.2) is 30.5 Å². The number of aliphatic carboxylic acids is 1. The van der Waals surface area contributed by atoms with Crippen molar-refractivity contribution in [3.63, 3.8) is 0 Å². The molecule has 1 unspecified atom stereocenters. The van der Waals surface area contributed by atoms with Crippen LogP contribution in [0.2, 0.25) is 5.02 Å². The maximum atomic E-state index is 12.6. The lowest BCUT2D eigenvalue weighted by Gasteiger charge is -2.26. The van der Waals surface area contributed by atoms with Gasteiger partial charge in [-0.1, -0.05) is 18.5 Å². The fourth-order valence-corrected chi connectivity index (χ4v) is 4.48. The van der Waals surface area contributed by atoms with Gasteiger partial charge in [0.25, 0.3) is 5.91 Å². The van der Waals surface area contributed by atoms with E-state index in [9.17, 15) is 9.59 Å². The zero-order chi connectivity index (χ0) is 24.0.